The van der Waals surface area contributed by atoms with Gasteiger partial charge in [0.2, 0.25) is 0 Å². The number of esters is 1. The van der Waals surface area contributed by atoms with Gasteiger partial charge in [0, 0.05) is 17.0 Å². The van der Waals surface area contributed by atoms with Crippen LogP contribution in [0.15, 0.2) is 63.8 Å². The molecule has 5 heteroatoms. The average molecular weight is 366 g/mol. The predicted molar refractivity (Wildman–Crippen MR) is 103 cm³/mol. The number of fused-ring (bicyclic) bond motifs is 1. The third-order valence-corrected chi connectivity index (χ3v) is 4.33. The van der Waals surface area contributed by atoms with E-state index in [1.807, 2.05) is 50.2 Å². The molecule has 5 nitrogen and oxygen atoms in total. The van der Waals surface area contributed by atoms with Gasteiger partial charge in [-0.1, -0.05) is 44.2 Å². The smallest absolute Gasteiger partial charge is 0.347 e. The first-order valence-corrected chi connectivity index (χ1v) is 9.04. The average Bonchev–Trinajstić information content (AvgIpc) is 2.70. The van der Waals surface area contributed by atoms with Crippen molar-refractivity contribution in [2.75, 3.05) is 0 Å². The molecule has 0 fully saturated rings. The number of hydrogen-bond donors (Lipinski definition) is 0. The number of ether oxygens (including phenoxy) is 2. The third kappa shape index (κ3) is 4.56. The molecule has 0 radical (unpaired) electrons. The van der Waals surface area contributed by atoms with E-state index >= 15 is 0 Å². The molecule has 0 bridgehead atoms. The van der Waals surface area contributed by atoms with Crippen LogP contribution in [0.3, 0.4) is 0 Å². The van der Waals surface area contributed by atoms with Crippen molar-refractivity contribution in [3.05, 3.63) is 76.1 Å². The van der Waals surface area contributed by atoms with Crippen LogP contribution in [-0.2, 0) is 22.6 Å². The molecule has 3 rings (SSSR count). The molecule has 2 aromatic carbocycles. The molecule has 1 heterocycles. The molecule has 0 amide bonds. The fourth-order valence-corrected chi connectivity index (χ4v) is 2.82. The van der Waals surface area contributed by atoms with E-state index in [1.54, 1.807) is 12.1 Å². The Morgan fingerprint density at radius 1 is 1.07 bits per heavy atom. The number of benzene rings is 2. The number of hydrogen-bond acceptors (Lipinski definition) is 5. The summed E-state index contributed by atoms with van der Waals surface area (Å²) in [5, 5.41) is 0.761. The molecule has 3 aromatic rings. The first-order valence-electron chi connectivity index (χ1n) is 9.04. The Bertz CT molecular complexity index is 975. The highest BCUT2D eigenvalue weighted by Gasteiger charge is 2.20. The van der Waals surface area contributed by atoms with E-state index < -0.39 is 17.7 Å². The van der Waals surface area contributed by atoms with Crippen molar-refractivity contribution in [2.24, 2.45) is 0 Å². The summed E-state index contributed by atoms with van der Waals surface area (Å²) in [5.41, 5.74) is 1.73. The fourth-order valence-electron chi connectivity index (χ4n) is 2.82. The second kappa shape index (κ2) is 8.54. The van der Waals surface area contributed by atoms with Gasteiger partial charge in [-0.3, -0.25) is 0 Å². The molecule has 1 aromatic heterocycles. The highest BCUT2D eigenvalue weighted by atomic mass is 16.6. The minimum absolute atomic E-state index is 0.0128. The maximum atomic E-state index is 12.4. The van der Waals surface area contributed by atoms with Crippen LogP contribution < -0.4 is 10.4 Å². The van der Waals surface area contributed by atoms with Crippen LogP contribution in [-0.4, -0.2) is 12.1 Å². The minimum atomic E-state index is -0.703. The third-order valence-electron chi connectivity index (χ3n) is 4.33. The number of para-hydroxylation sites is 1. The van der Waals surface area contributed by atoms with E-state index in [0.29, 0.717) is 23.3 Å². The van der Waals surface area contributed by atoms with Crippen LogP contribution in [0, 0.1) is 0 Å². The van der Waals surface area contributed by atoms with Gasteiger partial charge in [-0.05, 0) is 36.6 Å². The summed E-state index contributed by atoms with van der Waals surface area (Å²) in [6.45, 7) is 3.87. The second-order valence-corrected chi connectivity index (χ2v) is 6.21. The van der Waals surface area contributed by atoms with Gasteiger partial charge in [-0.15, -0.1) is 0 Å². The summed E-state index contributed by atoms with van der Waals surface area (Å²) in [6.07, 6.45) is 0.615. The van der Waals surface area contributed by atoms with Crippen LogP contribution in [0.25, 0.3) is 11.0 Å². The van der Waals surface area contributed by atoms with Crippen LogP contribution in [0.2, 0.25) is 0 Å². The van der Waals surface area contributed by atoms with Gasteiger partial charge in [-0.2, -0.15) is 0 Å². The Labute approximate surface area is 157 Å². The van der Waals surface area contributed by atoms with Crippen molar-refractivity contribution >= 4 is 16.9 Å². The van der Waals surface area contributed by atoms with E-state index in [2.05, 4.69) is 0 Å². The van der Waals surface area contributed by atoms with Gasteiger partial charge in [-0.25, -0.2) is 9.59 Å². The van der Waals surface area contributed by atoms with Crippen molar-refractivity contribution in [1.82, 2.24) is 0 Å². The van der Waals surface area contributed by atoms with E-state index in [1.165, 1.54) is 6.07 Å². The van der Waals surface area contributed by atoms with Crippen LogP contribution in [0.4, 0.5) is 0 Å². The molecule has 0 unspecified atom stereocenters. The predicted octanol–water partition coefficient (Wildman–Crippen LogP) is 4.26. The van der Waals surface area contributed by atoms with Crippen molar-refractivity contribution in [2.45, 2.75) is 39.4 Å². The lowest BCUT2D eigenvalue weighted by molar-refractivity contribution is -0.153. The number of carbonyl (C=O) groups excluding carboxylic acids is 1. The Morgan fingerprint density at radius 2 is 1.85 bits per heavy atom. The zero-order chi connectivity index (χ0) is 19.2. The van der Waals surface area contributed by atoms with E-state index in [0.717, 1.165) is 17.4 Å². The monoisotopic (exact) mass is 366 g/mol. The van der Waals surface area contributed by atoms with Gasteiger partial charge in [0.25, 0.3) is 0 Å². The summed E-state index contributed by atoms with van der Waals surface area (Å²) in [6, 6.07) is 16.2. The fraction of sp³-hybridized carbons (Fsp3) is 0.273. The molecule has 1 atom stereocenters. The summed E-state index contributed by atoms with van der Waals surface area (Å²) in [7, 11) is 0. The van der Waals surface area contributed by atoms with Crippen molar-refractivity contribution in [1.29, 1.82) is 0 Å². The van der Waals surface area contributed by atoms with E-state index in [4.69, 9.17) is 13.9 Å². The molecule has 0 N–H and O–H groups in total. The number of rotatable bonds is 7. The molecule has 27 heavy (non-hydrogen) atoms. The Hall–Kier alpha value is -3.08. The van der Waals surface area contributed by atoms with Gasteiger partial charge in [0.15, 0.2) is 6.10 Å². The van der Waals surface area contributed by atoms with Crippen molar-refractivity contribution in [3.63, 3.8) is 0 Å². The highest BCUT2D eigenvalue weighted by molar-refractivity contribution is 5.81. The van der Waals surface area contributed by atoms with Gasteiger partial charge in [0.05, 0.1) is 0 Å². The topological polar surface area (TPSA) is 65.7 Å². The lowest BCUT2D eigenvalue weighted by atomic mass is 10.1. The zero-order valence-corrected chi connectivity index (χ0v) is 15.4. The molecular formula is C22H22O5. The summed E-state index contributed by atoms with van der Waals surface area (Å²) < 4.78 is 16.4. The van der Waals surface area contributed by atoms with Crippen LogP contribution in [0.5, 0.6) is 5.75 Å². The summed E-state index contributed by atoms with van der Waals surface area (Å²) in [4.78, 5) is 24.3. The number of aryl methyl sites for hydroxylation is 1. The molecule has 0 aliphatic heterocycles. The summed E-state index contributed by atoms with van der Waals surface area (Å²) >= 11 is 0. The maximum Gasteiger partial charge on any atom is 0.347 e. The summed E-state index contributed by atoms with van der Waals surface area (Å²) in [5.74, 6) is 0.145. The standard InChI is InChI=1S/C22H22O5/c1-3-15-10-11-18-16(13-21(23)27-20(18)12-15)14-25-22(24)19(4-2)26-17-8-6-5-7-9-17/h5-13,19H,3-4,14H2,1-2H3/t19-/m1/s1. The molecule has 0 saturated heterocycles. The van der Waals surface area contributed by atoms with E-state index in [-0.39, 0.29) is 6.61 Å². The SMILES string of the molecule is CCc1ccc2c(COC(=O)[C@@H](CC)Oc3ccccc3)cc(=O)oc2c1. The van der Waals surface area contributed by atoms with Crippen LogP contribution in [0.1, 0.15) is 31.4 Å². The zero-order valence-electron chi connectivity index (χ0n) is 15.4. The van der Waals surface area contributed by atoms with Crippen LogP contribution >= 0.6 is 0 Å². The molecular weight excluding hydrogens is 344 g/mol. The van der Waals surface area contributed by atoms with Crippen molar-refractivity contribution in [3.8, 4) is 5.75 Å². The lowest BCUT2D eigenvalue weighted by Crippen LogP contribution is -2.28. The minimum Gasteiger partial charge on any atom is -0.479 e. The quantitative estimate of drug-likeness (QED) is 0.462. The molecule has 140 valence electrons. The Balaban J connectivity index is 1.75. The molecule has 0 aliphatic rings. The Kier molecular flexibility index (Phi) is 5.91. The van der Waals surface area contributed by atoms with Gasteiger partial charge in [0.1, 0.15) is 17.9 Å². The normalized spacial score (nSPS) is 11.9. The lowest BCUT2D eigenvalue weighted by Gasteiger charge is -2.16. The first-order chi connectivity index (χ1) is 13.1. The first kappa shape index (κ1) is 18.7. The van der Waals surface area contributed by atoms with Gasteiger partial charge >= 0.3 is 11.6 Å². The number of carbonyl (C=O) groups is 1. The maximum absolute atomic E-state index is 12.4. The van der Waals surface area contributed by atoms with Crippen molar-refractivity contribution < 1.29 is 18.7 Å². The second-order valence-electron chi connectivity index (χ2n) is 6.21. The molecule has 0 spiro atoms. The highest BCUT2D eigenvalue weighted by Crippen LogP contribution is 2.20. The van der Waals surface area contributed by atoms with Gasteiger partial charge < -0.3 is 13.9 Å². The molecule has 0 saturated carbocycles. The largest absolute Gasteiger partial charge is 0.479 e. The van der Waals surface area contributed by atoms with E-state index in [9.17, 15) is 9.59 Å². The Morgan fingerprint density at radius 3 is 2.56 bits per heavy atom. The molecule has 0 aliphatic carbocycles.